The molecule has 0 saturated carbocycles. The van der Waals surface area contributed by atoms with Crippen LogP contribution in [-0.4, -0.2) is 0 Å². The van der Waals surface area contributed by atoms with Gasteiger partial charge in [-0.05, 0) is 54.7 Å². The molecule has 0 aliphatic carbocycles. The lowest BCUT2D eigenvalue weighted by atomic mass is 9.99. The molecule has 0 aromatic heterocycles. The molecule has 0 spiro atoms. The van der Waals surface area contributed by atoms with Crippen molar-refractivity contribution in [2.45, 2.75) is 34.1 Å². The van der Waals surface area contributed by atoms with Gasteiger partial charge in [0.1, 0.15) is 0 Å². The molecule has 0 heterocycles. The van der Waals surface area contributed by atoms with Crippen molar-refractivity contribution in [2.24, 2.45) is 0 Å². The first kappa shape index (κ1) is 19.1. The lowest BCUT2D eigenvalue weighted by Gasteiger charge is -2.18. The van der Waals surface area contributed by atoms with E-state index in [4.69, 9.17) is 0 Å². The number of fused-ring (bicyclic) bond motifs is 1. The molecule has 130 valence electrons. The van der Waals surface area contributed by atoms with Crippen molar-refractivity contribution in [3.8, 4) is 0 Å². The van der Waals surface area contributed by atoms with E-state index in [9.17, 15) is 0 Å². The third-order valence-corrected chi connectivity index (χ3v) is 5.17. The van der Waals surface area contributed by atoms with E-state index in [1.54, 1.807) is 11.8 Å². The number of allylic oxidation sites excluding steroid dienone is 4. The van der Waals surface area contributed by atoms with Gasteiger partial charge in [0.2, 0.25) is 0 Å². The molecule has 0 radical (unpaired) electrons. The fourth-order valence-electron chi connectivity index (χ4n) is 2.73. The van der Waals surface area contributed by atoms with Crippen LogP contribution in [0.15, 0.2) is 77.2 Å². The van der Waals surface area contributed by atoms with Crippen LogP contribution >= 0.6 is 11.8 Å². The molecule has 2 rings (SSSR count). The predicted octanol–water partition coefficient (Wildman–Crippen LogP) is 7.50. The van der Waals surface area contributed by atoms with Crippen molar-refractivity contribution in [1.29, 1.82) is 0 Å². The summed E-state index contributed by atoms with van der Waals surface area (Å²) in [5, 5.41) is 6.14. The number of hydrogen-bond donors (Lipinski definition) is 1. The van der Waals surface area contributed by atoms with E-state index in [2.05, 4.69) is 75.7 Å². The molecule has 2 heteroatoms. The van der Waals surface area contributed by atoms with Crippen LogP contribution in [0.1, 0.15) is 31.4 Å². The van der Waals surface area contributed by atoms with E-state index in [-0.39, 0.29) is 0 Å². The second kappa shape index (κ2) is 8.77. The van der Waals surface area contributed by atoms with E-state index in [0.717, 1.165) is 27.6 Å². The van der Waals surface area contributed by atoms with Gasteiger partial charge in [-0.3, -0.25) is 0 Å². The molecule has 0 atom stereocenters. The fraction of sp³-hybridized carbons (Fsp3) is 0.217. The van der Waals surface area contributed by atoms with Crippen LogP contribution in [0.4, 0.5) is 5.69 Å². The Labute approximate surface area is 156 Å². The first-order chi connectivity index (χ1) is 12.0. The van der Waals surface area contributed by atoms with E-state index in [1.165, 1.54) is 21.9 Å². The summed E-state index contributed by atoms with van der Waals surface area (Å²) in [7, 11) is 0. The van der Waals surface area contributed by atoms with Crippen LogP contribution in [0, 0.1) is 13.8 Å². The van der Waals surface area contributed by atoms with Crippen LogP contribution in [0.25, 0.3) is 10.8 Å². The van der Waals surface area contributed by atoms with Gasteiger partial charge in [0.05, 0.1) is 5.70 Å². The molecule has 2 aromatic carbocycles. The van der Waals surface area contributed by atoms with E-state index < -0.39 is 0 Å². The zero-order valence-electron chi connectivity index (χ0n) is 15.6. The summed E-state index contributed by atoms with van der Waals surface area (Å²) >= 11 is 1.64. The summed E-state index contributed by atoms with van der Waals surface area (Å²) in [4.78, 5) is 2.10. The minimum Gasteiger partial charge on any atom is -0.354 e. The lowest BCUT2D eigenvalue weighted by molar-refractivity contribution is 1.21. The summed E-state index contributed by atoms with van der Waals surface area (Å²) in [6.45, 7) is 16.8. The van der Waals surface area contributed by atoms with Gasteiger partial charge in [0, 0.05) is 16.0 Å². The quantitative estimate of drug-likeness (QED) is 0.519. The van der Waals surface area contributed by atoms with Gasteiger partial charge in [0.15, 0.2) is 0 Å². The second-order valence-corrected chi connectivity index (χ2v) is 7.35. The molecule has 0 saturated heterocycles. The number of hydrogen-bond acceptors (Lipinski definition) is 2. The highest BCUT2D eigenvalue weighted by molar-refractivity contribution is 8.06. The van der Waals surface area contributed by atoms with Crippen molar-refractivity contribution in [3.63, 3.8) is 0 Å². The SMILES string of the molecule is C=C(CC)SC(=C)/C(=C\C=C/C)Nc1c(C)cc(C)c2ccccc12. The van der Waals surface area contributed by atoms with E-state index in [1.807, 2.05) is 19.1 Å². The monoisotopic (exact) mass is 349 g/mol. The maximum Gasteiger partial charge on any atom is 0.0519 e. The van der Waals surface area contributed by atoms with Crippen molar-refractivity contribution in [2.75, 3.05) is 5.32 Å². The van der Waals surface area contributed by atoms with Gasteiger partial charge in [-0.1, -0.05) is 74.3 Å². The first-order valence-corrected chi connectivity index (χ1v) is 9.43. The van der Waals surface area contributed by atoms with Crippen molar-refractivity contribution in [3.05, 3.63) is 88.4 Å². The molecule has 25 heavy (non-hydrogen) atoms. The van der Waals surface area contributed by atoms with Crippen LogP contribution in [-0.2, 0) is 0 Å². The third kappa shape index (κ3) is 4.67. The molecule has 0 bridgehead atoms. The maximum absolute atomic E-state index is 4.26. The number of aryl methyl sites for hydroxylation is 2. The highest BCUT2D eigenvalue weighted by atomic mass is 32.2. The van der Waals surface area contributed by atoms with Crippen molar-refractivity contribution < 1.29 is 0 Å². The highest BCUT2D eigenvalue weighted by Crippen LogP contribution is 2.35. The summed E-state index contributed by atoms with van der Waals surface area (Å²) in [6, 6.07) is 10.8. The molecule has 0 aliphatic rings. The number of thioether (sulfide) groups is 1. The molecule has 0 aliphatic heterocycles. The number of anilines is 1. The molecular weight excluding hydrogens is 322 g/mol. The van der Waals surface area contributed by atoms with Crippen LogP contribution in [0.3, 0.4) is 0 Å². The standard InChI is InChI=1S/C23H27NS/c1-7-9-14-22(19(6)25-18(5)8-2)24-23-17(4)15-16(3)20-12-10-11-13-21(20)23/h7,9-15,24H,5-6,8H2,1-4H3/b9-7-,22-14+. The largest absolute Gasteiger partial charge is 0.354 e. The Kier molecular flexibility index (Phi) is 6.72. The molecule has 0 unspecified atom stereocenters. The van der Waals surface area contributed by atoms with Gasteiger partial charge >= 0.3 is 0 Å². The number of nitrogens with one attached hydrogen (secondary N) is 1. The van der Waals surface area contributed by atoms with Crippen molar-refractivity contribution in [1.82, 2.24) is 0 Å². The van der Waals surface area contributed by atoms with Gasteiger partial charge in [-0.2, -0.15) is 0 Å². The summed E-state index contributed by atoms with van der Waals surface area (Å²) in [5.41, 5.74) is 4.68. The third-order valence-electron chi connectivity index (χ3n) is 4.13. The Balaban J connectivity index is 2.48. The van der Waals surface area contributed by atoms with Crippen molar-refractivity contribution >= 4 is 28.2 Å². The Morgan fingerprint density at radius 3 is 2.44 bits per heavy atom. The second-order valence-electron chi connectivity index (χ2n) is 6.08. The smallest absolute Gasteiger partial charge is 0.0519 e. The minimum atomic E-state index is 0.938. The first-order valence-electron chi connectivity index (χ1n) is 8.61. The highest BCUT2D eigenvalue weighted by Gasteiger charge is 2.11. The van der Waals surface area contributed by atoms with Crippen LogP contribution < -0.4 is 5.32 Å². The van der Waals surface area contributed by atoms with E-state index >= 15 is 0 Å². The molecular formula is C23H27NS. The van der Waals surface area contributed by atoms with Crippen LogP contribution in [0.5, 0.6) is 0 Å². The molecule has 0 amide bonds. The Hall–Kier alpha value is -2.19. The molecule has 2 aromatic rings. The summed E-state index contributed by atoms with van der Waals surface area (Å²) < 4.78 is 0. The predicted molar refractivity (Wildman–Crippen MR) is 116 cm³/mol. The maximum atomic E-state index is 4.26. The average molecular weight is 350 g/mol. The zero-order chi connectivity index (χ0) is 18.4. The molecule has 0 fully saturated rings. The van der Waals surface area contributed by atoms with Crippen LogP contribution in [0.2, 0.25) is 0 Å². The average Bonchev–Trinajstić information content (AvgIpc) is 2.60. The van der Waals surface area contributed by atoms with Gasteiger partial charge in [0.25, 0.3) is 0 Å². The minimum absolute atomic E-state index is 0.938. The normalized spacial score (nSPS) is 11.9. The zero-order valence-corrected chi connectivity index (χ0v) is 16.5. The van der Waals surface area contributed by atoms with E-state index in [0.29, 0.717) is 0 Å². The van der Waals surface area contributed by atoms with Gasteiger partial charge < -0.3 is 5.32 Å². The number of rotatable bonds is 7. The van der Waals surface area contributed by atoms with Gasteiger partial charge in [-0.15, -0.1) is 0 Å². The van der Waals surface area contributed by atoms with Gasteiger partial charge in [-0.25, -0.2) is 0 Å². The molecule has 1 N–H and O–H groups in total. The molecule has 1 nitrogen and oxygen atoms in total. The number of benzene rings is 2. The Morgan fingerprint density at radius 1 is 1.12 bits per heavy atom. The fourth-order valence-corrected chi connectivity index (χ4v) is 3.45. The summed E-state index contributed by atoms with van der Waals surface area (Å²) in [6.07, 6.45) is 7.07. The summed E-state index contributed by atoms with van der Waals surface area (Å²) in [5.74, 6) is 0. The Bertz CT molecular complexity index is 856. The lowest BCUT2D eigenvalue weighted by Crippen LogP contribution is -2.03. The Morgan fingerprint density at radius 2 is 1.80 bits per heavy atom. The topological polar surface area (TPSA) is 12.0 Å².